The van der Waals surface area contributed by atoms with Crippen LogP contribution in [0.2, 0.25) is 0 Å². The first-order valence-corrected chi connectivity index (χ1v) is 10.3. The lowest BCUT2D eigenvalue weighted by molar-refractivity contribution is -0.142. The molecule has 0 saturated carbocycles. The first-order chi connectivity index (χ1) is 13.6. The maximum Gasteiger partial charge on any atom is 0.308 e. The van der Waals surface area contributed by atoms with E-state index in [-0.39, 0.29) is 24.3 Å². The summed E-state index contributed by atoms with van der Waals surface area (Å²) in [5, 5.41) is 11.5. The molecule has 1 aromatic carbocycles. The number of carboxylic acid groups (broad SMARTS) is 1. The van der Waals surface area contributed by atoms with Crippen LogP contribution in [0.25, 0.3) is 0 Å². The number of hydrogen-bond donors (Lipinski definition) is 1. The summed E-state index contributed by atoms with van der Waals surface area (Å²) in [7, 11) is 0. The van der Waals surface area contributed by atoms with Gasteiger partial charge in [-0.1, -0.05) is 36.4 Å². The van der Waals surface area contributed by atoms with Crippen LogP contribution >= 0.6 is 11.3 Å². The Morgan fingerprint density at radius 1 is 1.04 bits per heavy atom. The molecule has 6 nitrogen and oxygen atoms in total. The number of aliphatic carboxylic acids is 1. The van der Waals surface area contributed by atoms with Gasteiger partial charge >= 0.3 is 5.97 Å². The Morgan fingerprint density at radius 3 is 2.50 bits per heavy atom. The van der Waals surface area contributed by atoms with E-state index in [2.05, 4.69) is 0 Å². The third-order valence-electron chi connectivity index (χ3n) is 5.71. The first kappa shape index (κ1) is 18.7. The summed E-state index contributed by atoms with van der Waals surface area (Å²) in [6.45, 7) is 1.12. The smallest absolute Gasteiger partial charge is 0.308 e. The van der Waals surface area contributed by atoms with E-state index >= 15 is 0 Å². The van der Waals surface area contributed by atoms with Gasteiger partial charge in [0.15, 0.2) is 0 Å². The Hall–Kier alpha value is -2.67. The molecule has 2 saturated heterocycles. The zero-order valence-electron chi connectivity index (χ0n) is 15.4. The Balaban J connectivity index is 1.53. The number of carbonyl (C=O) groups is 3. The predicted octanol–water partition coefficient (Wildman–Crippen LogP) is 2.68. The molecule has 2 aromatic rings. The quantitative estimate of drug-likeness (QED) is 0.859. The molecule has 2 aliphatic rings. The average molecular weight is 398 g/mol. The van der Waals surface area contributed by atoms with Gasteiger partial charge in [0.2, 0.25) is 5.91 Å². The molecule has 2 fully saturated rings. The minimum atomic E-state index is -0.887. The van der Waals surface area contributed by atoms with E-state index in [1.807, 2.05) is 41.8 Å². The lowest BCUT2D eigenvalue weighted by Crippen LogP contribution is -2.47. The van der Waals surface area contributed by atoms with Gasteiger partial charge in [-0.05, 0) is 29.9 Å². The van der Waals surface area contributed by atoms with E-state index in [4.69, 9.17) is 0 Å². The van der Waals surface area contributed by atoms with E-state index < -0.39 is 17.9 Å². The van der Waals surface area contributed by atoms with Gasteiger partial charge in [-0.25, -0.2) is 0 Å². The van der Waals surface area contributed by atoms with Gasteiger partial charge in [0.05, 0.1) is 10.8 Å². The molecule has 1 aromatic heterocycles. The van der Waals surface area contributed by atoms with Crippen molar-refractivity contribution in [1.29, 1.82) is 0 Å². The predicted molar refractivity (Wildman–Crippen MR) is 105 cm³/mol. The summed E-state index contributed by atoms with van der Waals surface area (Å²) in [5.41, 5.74) is 0.933. The van der Waals surface area contributed by atoms with Gasteiger partial charge in [-0.15, -0.1) is 11.3 Å². The summed E-state index contributed by atoms with van der Waals surface area (Å²) in [6.07, 6.45) is 1.41. The van der Waals surface area contributed by atoms with E-state index in [0.717, 1.165) is 12.0 Å². The van der Waals surface area contributed by atoms with Crippen LogP contribution in [-0.4, -0.2) is 58.4 Å². The summed E-state index contributed by atoms with van der Waals surface area (Å²) in [6, 6.07) is 12.6. The molecule has 3 atom stereocenters. The van der Waals surface area contributed by atoms with Gasteiger partial charge in [-0.2, -0.15) is 0 Å². The molecule has 1 N–H and O–H groups in total. The Bertz CT molecular complexity index is 868. The van der Waals surface area contributed by atoms with Crippen molar-refractivity contribution in [1.82, 2.24) is 9.80 Å². The number of amides is 2. The lowest BCUT2D eigenvalue weighted by Gasteiger charge is -2.27. The molecule has 0 spiro atoms. The fourth-order valence-corrected chi connectivity index (χ4v) is 4.97. The molecular formula is C21H22N2O4S. The van der Waals surface area contributed by atoms with Crippen molar-refractivity contribution < 1.29 is 19.5 Å². The summed E-state index contributed by atoms with van der Waals surface area (Å²) in [4.78, 5) is 41.7. The van der Waals surface area contributed by atoms with Crippen LogP contribution in [0.15, 0.2) is 47.8 Å². The van der Waals surface area contributed by atoms with Crippen LogP contribution < -0.4 is 0 Å². The highest BCUT2D eigenvalue weighted by Crippen LogP contribution is 2.34. The Morgan fingerprint density at radius 2 is 1.82 bits per heavy atom. The molecule has 0 radical (unpaired) electrons. The maximum absolute atomic E-state index is 13.2. The van der Waals surface area contributed by atoms with Crippen LogP contribution in [0.3, 0.4) is 0 Å². The fourth-order valence-electron chi connectivity index (χ4n) is 4.29. The van der Waals surface area contributed by atoms with Crippen LogP contribution in [-0.2, 0) is 9.59 Å². The SMILES string of the molecule is O=C(O)C1CN(C(=O)C2CCCN2C(=O)c2cccs2)CC1c1ccccc1. The second-order valence-electron chi connectivity index (χ2n) is 7.34. The van der Waals surface area contributed by atoms with Gasteiger partial charge in [0.1, 0.15) is 6.04 Å². The molecule has 4 rings (SSSR count). The van der Waals surface area contributed by atoms with Crippen molar-refractivity contribution in [3.05, 3.63) is 58.3 Å². The van der Waals surface area contributed by atoms with Crippen LogP contribution in [0.5, 0.6) is 0 Å². The molecule has 7 heteroatoms. The number of carboxylic acids is 1. The summed E-state index contributed by atoms with van der Waals surface area (Å²) in [5.74, 6) is -1.99. The number of benzene rings is 1. The van der Waals surface area contributed by atoms with Crippen LogP contribution in [0, 0.1) is 5.92 Å². The molecule has 2 amide bonds. The van der Waals surface area contributed by atoms with E-state index in [9.17, 15) is 19.5 Å². The standard InChI is InChI=1S/C21H22N2O4S/c24-19(17-8-4-10-23(17)20(25)18-9-5-11-28-18)22-12-15(16(13-22)21(26)27)14-6-2-1-3-7-14/h1-3,5-7,9,11,15-17H,4,8,10,12-13H2,(H,26,27). The fraction of sp³-hybridized carbons (Fsp3) is 0.381. The molecular weight excluding hydrogens is 376 g/mol. The Labute approximate surface area is 167 Å². The number of likely N-dealkylation sites (tertiary alicyclic amines) is 2. The lowest BCUT2D eigenvalue weighted by atomic mass is 9.89. The normalized spacial score (nSPS) is 24.5. The zero-order chi connectivity index (χ0) is 19.7. The van der Waals surface area contributed by atoms with E-state index in [1.165, 1.54) is 11.3 Å². The highest BCUT2D eigenvalue weighted by molar-refractivity contribution is 7.12. The van der Waals surface area contributed by atoms with Crippen molar-refractivity contribution in [2.75, 3.05) is 19.6 Å². The maximum atomic E-state index is 13.2. The molecule has 0 aliphatic carbocycles. The first-order valence-electron chi connectivity index (χ1n) is 9.47. The summed E-state index contributed by atoms with van der Waals surface area (Å²) >= 11 is 1.37. The van der Waals surface area contributed by atoms with Gasteiger partial charge < -0.3 is 14.9 Å². The monoisotopic (exact) mass is 398 g/mol. The van der Waals surface area contributed by atoms with Gasteiger partial charge in [0, 0.05) is 25.6 Å². The number of rotatable bonds is 4. The van der Waals surface area contributed by atoms with Crippen molar-refractivity contribution in [2.24, 2.45) is 5.92 Å². The topological polar surface area (TPSA) is 77.9 Å². The second-order valence-corrected chi connectivity index (χ2v) is 8.29. The number of hydrogen-bond acceptors (Lipinski definition) is 4. The van der Waals surface area contributed by atoms with Crippen LogP contribution in [0.4, 0.5) is 0 Å². The molecule has 28 heavy (non-hydrogen) atoms. The minimum Gasteiger partial charge on any atom is -0.481 e. The summed E-state index contributed by atoms with van der Waals surface area (Å²) < 4.78 is 0. The van der Waals surface area contributed by atoms with Crippen molar-refractivity contribution in [3.63, 3.8) is 0 Å². The number of carbonyl (C=O) groups excluding carboxylic acids is 2. The third-order valence-corrected chi connectivity index (χ3v) is 6.57. The van der Waals surface area contributed by atoms with Crippen molar-refractivity contribution in [3.8, 4) is 0 Å². The zero-order valence-corrected chi connectivity index (χ0v) is 16.2. The largest absolute Gasteiger partial charge is 0.481 e. The van der Waals surface area contributed by atoms with E-state index in [0.29, 0.717) is 24.4 Å². The van der Waals surface area contributed by atoms with Gasteiger partial charge in [-0.3, -0.25) is 14.4 Å². The molecule has 2 aliphatic heterocycles. The average Bonchev–Trinajstić information content (AvgIpc) is 3.48. The minimum absolute atomic E-state index is 0.112. The molecule has 146 valence electrons. The highest BCUT2D eigenvalue weighted by Gasteiger charge is 2.44. The molecule has 0 bridgehead atoms. The molecule has 3 unspecified atom stereocenters. The highest BCUT2D eigenvalue weighted by atomic mass is 32.1. The number of thiophene rings is 1. The second kappa shape index (κ2) is 7.75. The third kappa shape index (κ3) is 3.42. The molecule has 3 heterocycles. The number of nitrogens with zero attached hydrogens (tertiary/aromatic N) is 2. The van der Waals surface area contributed by atoms with Crippen LogP contribution in [0.1, 0.15) is 34.0 Å². The Kier molecular flexibility index (Phi) is 5.17. The van der Waals surface area contributed by atoms with Crippen molar-refractivity contribution >= 4 is 29.1 Å². The van der Waals surface area contributed by atoms with Gasteiger partial charge in [0.25, 0.3) is 5.91 Å². The van der Waals surface area contributed by atoms with Crippen molar-refractivity contribution in [2.45, 2.75) is 24.8 Å². The van der Waals surface area contributed by atoms with E-state index in [1.54, 1.807) is 15.9 Å².